The molecule has 0 spiro atoms. The summed E-state index contributed by atoms with van der Waals surface area (Å²) >= 11 is 0. The summed E-state index contributed by atoms with van der Waals surface area (Å²) in [5, 5.41) is 0. The van der Waals surface area contributed by atoms with Crippen LogP contribution in [0.3, 0.4) is 0 Å². The number of hydrogen-bond acceptors (Lipinski definition) is 0. The molecule has 0 bridgehead atoms. The van der Waals surface area contributed by atoms with E-state index in [1.165, 1.54) is 17.1 Å². The Morgan fingerprint density at radius 2 is 1.55 bits per heavy atom. The number of benzene rings is 2. The zero-order valence-corrected chi connectivity index (χ0v) is 11.7. The molecule has 0 radical (unpaired) electrons. The third-order valence-corrected chi connectivity index (χ3v) is 3.59. The lowest BCUT2D eigenvalue weighted by molar-refractivity contribution is -0.699. The SMILES string of the molecule is CC[n+]1ccn(-c2ccccc2)c1Cc1ccccc1. The van der Waals surface area contributed by atoms with Gasteiger partial charge in [0, 0.05) is 0 Å². The number of para-hydroxylation sites is 1. The zero-order valence-electron chi connectivity index (χ0n) is 11.7. The second-order valence-electron chi connectivity index (χ2n) is 4.87. The first-order valence-electron chi connectivity index (χ1n) is 7.07. The Morgan fingerprint density at radius 3 is 2.20 bits per heavy atom. The van der Waals surface area contributed by atoms with Gasteiger partial charge in [0.15, 0.2) is 0 Å². The zero-order chi connectivity index (χ0) is 13.8. The van der Waals surface area contributed by atoms with E-state index in [-0.39, 0.29) is 0 Å². The van der Waals surface area contributed by atoms with Gasteiger partial charge in [-0.15, -0.1) is 0 Å². The van der Waals surface area contributed by atoms with Crippen molar-refractivity contribution < 1.29 is 4.57 Å². The van der Waals surface area contributed by atoms with Crippen LogP contribution in [0.4, 0.5) is 0 Å². The highest BCUT2D eigenvalue weighted by Crippen LogP contribution is 2.13. The van der Waals surface area contributed by atoms with E-state index in [2.05, 4.69) is 89.1 Å². The van der Waals surface area contributed by atoms with Gasteiger partial charge in [-0.2, -0.15) is 4.57 Å². The summed E-state index contributed by atoms with van der Waals surface area (Å²) in [4.78, 5) is 0. The van der Waals surface area contributed by atoms with Gasteiger partial charge < -0.3 is 0 Å². The first-order chi connectivity index (χ1) is 9.88. The minimum atomic E-state index is 0.941. The van der Waals surface area contributed by atoms with Crippen molar-refractivity contribution in [2.24, 2.45) is 0 Å². The highest BCUT2D eigenvalue weighted by atomic mass is 15.1. The molecular formula is C18H19N2+. The molecule has 100 valence electrons. The van der Waals surface area contributed by atoms with E-state index in [0.29, 0.717) is 0 Å². The topological polar surface area (TPSA) is 8.81 Å². The van der Waals surface area contributed by atoms with Crippen LogP contribution >= 0.6 is 0 Å². The van der Waals surface area contributed by atoms with Gasteiger partial charge in [-0.05, 0) is 24.6 Å². The highest BCUT2D eigenvalue weighted by Gasteiger charge is 2.17. The molecule has 3 aromatic rings. The predicted molar refractivity (Wildman–Crippen MR) is 80.9 cm³/mol. The first kappa shape index (κ1) is 12.7. The van der Waals surface area contributed by atoms with E-state index in [1.54, 1.807) is 0 Å². The van der Waals surface area contributed by atoms with Crippen LogP contribution in [-0.2, 0) is 13.0 Å². The minimum absolute atomic E-state index is 0.941. The molecule has 0 aliphatic heterocycles. The number of rotatable bonds is 4. The monoisotopic (exact) mass is 263 g/mol. The summed E-state index contributed by atoms with van der Waals surface area (Å²) in [6.45, 7) is 3.17. The van der Waals surface area contributed by atoms with Crippen LogP contribution < -0.4 is 4.57 Å². The van der Waals surface area contributed by atoms with E-state index >= 15 is 0 Å². The molecule has 0 N–H and O–H groups in total. The molecule has 0 fully saturated rings. The van der Waals surface area contributed by atoms with E-state index in [1.807, 2.05) is 0 Å². The van der Waals surface area contributed by atoms with Crippen molar-refractivity contribution in [2.75, 3.05) is 0 Å². The van der Waals surface area contributed by atoms with Crippen LogP contribution in [-0.4, -0.2) is 4.57 Å². The van der Waals surface area contributed by atoms with Crippen molar-refractivity contribution in [2.45, 2.75) is 19.9 Å². The molecule has 1 heterocycles. The van der Waals surface area contributed by atoms with E-state index in [4.69, 9.17) is 0 Å². The molecular weight excluding hydrogens is 244 g/mol. The molecule has 2 heteroatoms. The quantitative estimate of drug-likeness (QED) is 0.638. The van der Waals surface area contributed by atoms with Crippen molar-refractivity contribution in [3.63, 3.8) is 0 Å². The maximum absolute atomic E-state index is 2.31. The summed E-state index contributed by atoms with van der Waals surface area (Å²) in [6.07, 6.45) is 5.25. The Morgan fingerprint density at radius 1 is 0.900 bits per heavy atom. The van der Waals surface area contributed by atoms with Crippen LogP contribution in [0, 0.1) is 0 Å². The lowest BCUT2D eigenvalue weighted by Crippen LogP contribution is -2.35. The van der Waals surface area contributed by atoms with Crippen LogP contribution in [0.15, 0.2) is 73.1 Å². The fourth-order valence-corrected chi connectivity index (χ4v) is 2.53. The third-order valence-electron chi connectivity index (χ3n) is 3.59. The lowest BCUT2D eigenvalue weighted by atomic mass is 10.1. The lowest BCUT2D eigenvalue weighted by Gasteiger charge is -2.04. The van der Waals surface area contributed by atoms with Gasteiger partial charge in [0.2, 0.25) is 0 Å². The molecule has 0 saturated carbocycles. The van der Waals surface area contributed by atoms with Gasteiger partial charge >= 0.3 is 0 Å². The molecule has 0 aliphatic rings. The van der Waals surface area contributed by atoms with Gasteiger partial charge in [0.05, 0.1) is 13.0 Å². The Balaban J connectivity index is 2.02. The van der Waals surface area contributed by atoms with E-state index < -0.39 is 0 Å². The number of aromatic nitrogens is 2. The van der Waals surface area contributed by atoms with Gasteiger partial charge in [0.25, 0.3) is 5.82 Å². The van der Waals surface area contributed by atoms with Crippen molar-refractivity contribution in [3.8, 4) is 5.69 Å². The van der Waals surface area contributed by atoms with Crippen LogP contribution in [0.2, 0.25) is 0 Å². The largest absolute Gasteiger partial charge is 0.266 e. The van der Waals surface area contributed by atoms with Gasteiger partial charge in [-0.1, -0.05) is 48.5 Å². The second kappa shape index (κ2) is 5.74. The van der Waals surface area contributed by atoms with Gasteiger partial charge in [-0.25, -0.2) is 4.57 Å². The molecule has 0 amide bonds. The van der Waals surface area contributed by atoms with E-state index in [9.17, 15) is 0 Å². The number of imidazole rings is 1. The number of hydrogen-bond donors (Lipinski definition) is 0. The maximum Gasteiger partial charge on any atom is 0.266 e. The summed E-state index contributed by atoms with van der Waals surface area (Å²) in [5.74, 6) is 1.31. The Kier molecular flexibility index (Phi) is 3.64. The van der Waals surface area contributed by atoms with Crippen LogP contribution in [0.1, 0.15) is 18.3 Å². The Labute approximate surface area is 119 Å². The number of nitrogens with zero attached hydrogens (tertiary/aromatic N) is 2. The molecule has 0 aliphatic carbocycles. The van der Waals surface area contributed by atoms with Crippen molar-refractivity contribution in [1.82, 2.24) is 4.57 Å². The molecule has 3 rings (SSSR count). The van der Waals surface area contributed by atoms with Crippen molar-refractivity contribution >= 4 is 0 Å². The Hall–Kier alpha value is -2.35. The molecule has 1 aromatic heterocycles. The summed E-state index contributed by atoms with van der Waals surface area (Å²) < 4.78 is 4.58. The Bertz CT molecular complexity index is 669. The van der Waals surface area contributed by atoms with Crippen LogP contribution in [0.25, 0.3) is 5.69 Å². The molecule has 0 saturated heterocycles. The predicted octanol–water partition coefficient (Wildman–Crippen LogP) is 3.38. The molecule has 0 atom stereocenters. The second-order valence-corrected chi connectivity index (χ2v) is 4.87. The third kappa shape index (κ3) is 2.50. The average Bonchev–Trinajstić information content (AvgIpc) is 2.92. The van der Waals surface area contributed by atoms with E-state index in [0.717, 1.165) is 13.0 Å². The normalized spacial score (nSPS) is 10.7. The maximum atomic E-state index is 2.31. The smallest absolute Gasteiger partial charge is 0.234 e. The fourth-order valence-electron chi connectivity index (χ4n) is 2.53. The fraction of sp³-hybridized carbons (Fsp3) is 0.167. The molecule has 2 nitrogen and oxygen atoms in total. The summed E-state index contributed by atoms with van der Waals surface area (Å²) in [7, 11) is 0. The summed E-state index contributed by atoms with van der Waals surface area (Å²) in [5.41, 5.74) is 2.55. The van der Waals surface area contributed by atoms with Gasteiger partial charge in [0.1, 0.15) is 18.1 Å². The van der Waals surface area contributed by atoms with Crippen molar-refractivity contribution in [3.05, 3.63) is 84.4 Å². The molecule has 20 heavy (non-hydrogen) atoms. The molecule has 0 unspecified atom stereocenters. The summed E-state index contributed by atoms with van der Waals surface area (Å²) in [6, 6.07) is 21.1. The molecule has 2 aromatic carbocycles. The highest BCUT2D eigenvalue weighted by molar-refractivity contribution is 5.33. The van der Waals surface area contributed by atoms with Gasteiger partial charge in [-0.3, -0.25) is 0 Å². The van der Waals surface area contributed by atoms with Crippen molar-refractivity contribution in [1.29, 1.82) is 0 Å². The first-order valence-corrected chi connectivity index (χ1v) is 7.07. The minimum Gasteiger partial charge on any atom is -0.234 e. The van der Waals surface area contributed by atoms with Crippen LogP contribution in [0.5, 0.6) is 0 Å². The standard InChI is InChI=1S/C18H19N2/c1-2-19-13-14-20(17-11-7-4-8-12-17)18(19)15-16-9-5-3-6-10-16/h3-14H,2,15H2,1H3/q+1. The number of aryl methyl sites for hydroxylation is 1. The average molecular weight is 263 g/mol.